The number of piperidine rings is 3. The second-order valence-electron chi connectivity index (χ2n) is 5.76. The molecule has 3 fully saturated rings. The molecule has 1 N–H and O–H groups in total. The monoisotopic (exact) mass is 370 g/mol. The van der Waals surface area contributed by atoms with Crippen molar-refractivity contribution in [3.05, 3.63) is 21.5 Å². The highest BCUT2D eigenvalue weighted by molar-refractivity contribution is 7.17. The molecule has 122 valence electrons. The van der Waals surface area contributed by atoms with Crippen molar-refractivity contribution in [1.82, 2.24) is 20.4 Å². The number of halogens is 1. The van der Waals surface area contributed by atoms with E-state index < -0.39 is 0 Å². The molecule has 6 nitrogen and oxygen atoms in total. The van der Waals surface area contributed by atoms with E-state index >= 15 is 0 Å². The largest absolute Gasteiger partial charge is 0.419 e. The summed E-state index contributed by atoms with van der Waals surface area (Å²) in [4.78, 5) is 15.5. The topological polar surface area (TPSA) is 67.4 Å². The quantitative estimate of drug-likeness (QED) is 0.896. The zero-order chi connectivity index (χ0) is 15.8. The van der Waals surface area contributed by atoms with Gasteiger partial charge in [0.05, 0.1) is 4.88 Å². The van der Waals surface area contributed by atoms with Crippen LogP contribution in [0.4, 0.5) is 0 Å². The molecule has 0 aromatic carbocycles. The summed E-state index contributed by atoms with van der Waals surface area (Å²) in [5, 5.41) is 11.6. The molecule has 3 saturated heterocycles. The number of aromatic nitrogens is 2. The van der Waals surface area contributed by atoms with Crippen molar-refractivity contribution in [2.75, 3.05) is 19.6 Å². The molecule has 1 unspecified atom stereocenters. The van der Waals surface area contributed by atoms with E-state index in [2.05, 4.69) is 20.4 Å². The van der Waals surface area contributed by atoms with E-state index in [1.54, 1.807) is 12.1 Å². The molecule has 23 heavy (non-hydrogen) atoms. The number of amides is 1. The summed E-state index contributed by atoms with van der Waals surface area (Å²) in [5.74, 6) is 0.585. The van der Waals surface area contributed by atoms with E-state index in [0.717, 1.165) is 17.9 Å². The van der Waals surface area contributed by atoms with Crippen LogP contribution >= 0.6 is 34.3 Å². The summed E-state index contributed by atoms with van der Waals surface area (Å²) >= 11 is 8.18. The summed E-state index contributed by atoms with van der Waals surface area (Å²) < 4.78 is 5.89. The van der Waals surface area contributed by atoms with Crippen LogP contribution in [0.25, 0.3) is 0 Å². The minimum atomic E-state index is -0.0288. The van der Waals surface area contributed by atoms with E-state index in [0.29, 0.717) is 25.5 Å². The van der Waals surface area contributed by atoms with Gasteiger partial charge >= 0.3 is 5.19 Å². The Morgan fingerprint density at radius 1 is 1.30 bits per heavy atom. The molecular weight excluding hydrogens is 356 g/mol. The average Bonchev–Trinajstić information content (AvgIpc) is 3.18. The lowest BCUT2D eigenvalue weighted by atomic mass is 9.84. The summed E-state index contributed by atoms with van der Waals surface area (Å²) in [6.07, 6.45) is 2.36. The Morgan fingerprint density at radius 2 is 2.13 bits per heavy atom. The molecular formula is C14H15ClN4O2S2. The van der Waals surface area contributed by atoms with Gasteiger partial charge in [0.2, 0.25) is 4.47 Å². The van der Waals surface area contributed by atoms with Gasteiger partial charge in [-0.2, -0.15) is 0 Å². The van der Waals surface area contributed by atoms with Crippen molar-refractivity contribution in [2.45, 2.75) is 18.9 Å². The van der Waals surface area contributed by atoms with Gasteiger partial charge in [-0.05, 0) is 66.9 Å². The van der Waals surface area contributed by atoms with Gasteiger partial charge in [0.25, 0.3) is 5.91 Å². The summed E-state index contributed by atoms with van der Waals surface area (Å²) in [5.41, 5.74) is 0. The first-order valence-corrected chi connectivity index (χ1v) is 9.48. The Bertz CT molecular complexity index is 711. The summed E-state index contributed by atoms with van der Waals surface area (Å²) in [6, 6.07) is 3.81. The fraction of sp³-hybridized carbons (Fsp3) is 0.500. The number of hydrogen-bond donors (Lipinski definition) is 1. The lowest BCUT2D eigenvalue weighted by Gasteiger charge is -2.44. The average molecular weight is 371 g/mol. The van der Waals surface area contributed by atoms with E-state index in [9.17, 15) is 4.79 Å². The highest BCUT2D eigenvalue weighted by Gasteiger charge is 2.35. The van der Waals surface area contributed by atoms with Crippen molar-refractivity contribution in [2.24, 2.45) is 5.92 Å². The number of hydrogen-bond acceptors (Lipinski definition) is 7. The van der Waals surface area contributed by atoms with Crippen LogP contribution in [-0.4, -0.2) is 46.7 Å². The number of carbonyl (C=O) groups excluding carboxylic acids is 1. The Balaban J connectivity index is 1.39. The zero-order valence-corrected chi connectivity index (χ0v) is 14.6. The van der Waals surface area contributed by atoms with Gasteiger partial charge in [-0.25, -0.2) is 0 Å². The van der Waals surface area contributed by atoms with Crippen molar-refractivity contribution >= 4 is 40.2 Å². The maximum atomic E-state index is 12.4. The molecule has 2 bridgehead atoms. The molecule has 9 heteroatoms. The Hall–Kier alpha value is -1.22. The third-order valence-corrected chi connectivity index (χ3v) is 6.21. The number of fused-ring (bicyclic) bond motifs is 3. The lowest BCUT2D eigenvalue weighted by Crippen LogP contribution is -2.57. The number of rotatable bonds is 4. The molecule has 2 aromatic rings. The Labute approximate surface area is 146 Å². The second-order valence-corrected chi connectivity index (χ2v) is 8.33. The second kappa shape index (κ2) is 6.35. The van der Waals surface area contributed by atoms with Crippen molar-refractivity contribution in [3.8, 4) is 10.3 Å². The zero-order valence-electron chi connectivity index (χ0n) is 12.2. The fourth-order valence-electron chi connectivity index (χ4n) is 3.19. The first-order valence-electron chi connectivity index (χ1n) is 7.47. The highest BCUT2D eigenvalue weighted by atomic mass is 35.5. The van der Waals surface area contributed by atoms with E-state index in [1.807, 2.05) is 0 Å². The number of nitrogens with zero attached hydrogens (tertiary/aromatic N) is 3. The Kier molecular flexibility index (Phi) is 4.23. The van der Waals surface area contributed by atoms with Crippen molar-refractivity contribution in [3.63, 3.8) is 0 Å². The molecule has 0 spiro atoms. The van der Waals surface area contributed by atoms with E-state index in [4.69, 9.17) is 16.3 Å². The van der Waals surface area contributed by atoms with Gasteiger partial charge in [-0.3, -0.25) is 4.79 Å². The van der Waals surface area contributed by atoms with Crippen LogP contribution in [0, 0.1) is 5.92 Å². The molecule has 3 aliphatic rings. The maximum Gasteiger partial charge on any atom is 0.301 e. The first-order chi connectivity index (χ1) is 11.2. The van der Waals surface area contributed by atoms with Crippen LogP contribution in [0.1, 0.15) is 22.5 Å². The first kappa shape index (κ1) is 15.3. The van der Waals surface area contributed by atoms with Gasteiger partial charge in [0.1, 0.15) is 0 Å². The van der Waals surface area contributed by atoms with Crippen LogP contribution in [-0.2, 0) is 0 Å². The van der Waals surface area contributed by atoms with Gasteiger partial charge in [-0.15, -0.1) is 5.10 Å². The number of thiophene rings is 1. The minimum Gasteiger partial charge on any atom is -0.419 e. The van der Waals surface area contributed by atoms with E-state index in [-0.39, 0.29) is 11.9 Å². The SMILES string of the molecule is O=C(NC1CN2CCC1CC2)c1ccc(Oc2nnc(Cl)s2)s1. The van der Waals surface area contributed by atoms with Crippen molar-refractivity contribution < 1.29 is 9.53 Å². The van der Waals surface area contributed by atoms with E-state index in [1.165, 1.54) is 37.3 Å². The van der Waals surface area contributed by atoms with Crippen LogP contribution in [0.15, 0.2) is 12.1 Å². The molecule has 2 aromatic heterocycles. The third kappa shape index (κ3) is 3.35. The number of nitrogens with one attached hydrogen (secondary N) is 1. The molecule has 0 aliphatic carbocycles. The van der Waals surface area contributed by atoms with Gasteiger partial charge in [-0.1, -0.05) is 16.4 Å². The summed E-state index contributed by atoms with van der Waals surface area (Å²) in [6.45, 7) is 3.30. The Morgan fingerprint density at radius 3 is 2.78 bits per heavy atom. The van der Waals surface area contributed by atoms with Gasteiger partial charge in [0.15, 0.2) is 5.06 Å². The maximum absolute atomic E-state index is 12.4. The van der Waals surface area contributed by atoms with Gasteiger partial charge < -0.3 is 15.0 Å². The lowest BCUT2D eigenvalue weighted by molar-refractivity contribution is 0.0622. The van der Waals surface area contributed by atoms with Gasteiger partial charge in [0, 0.05) is 12.6 Å². The fourth-order valence-corrected chi connectivity index (χ4v) is 4.67. The number of carbonyl (C=O) groups is 1. The van der Waals surface area contributed by atoms with Crippen molar-refractivity contribution in [1.29, 1.82) is 0 Å². The third-order valence-electron chi connectivity index (χ3n) is 4.35. The standard InChI is InChI=1S/C14H15ClN4O2S2/c15-13-17-18-14(23-13)21-11-2-1-10(22-11)12(20)16-9-7-19-5-3-8(9)4-6-19/h1-2,8-9H,3-7H2,(H,16,20). The normalized spacial score (nSPS) is 26.2. The molecule has 0 radical (unpaired) electrons. The predicted octanol–water partition coefficient (Wildman–Crippen LogP) is 2.87. The molecule has 5 heterocycles. The summed E-state index contributed by atoms with van der Waals surface area (Å²) in [7, 11) is 0. The smallest absolute Gasteiger partial charge is 0.301 e. The molecule has 0 saturated carbocycles. The van der Waals surface area contributed by atoms with Crippen LogP contribution in [0.2, 0.25) is 4.47 Å². The predicted molar refractivity (Wildman–Crippen MR) is 89.7 cm³/mol. The minimum absolute atomic E-state index is 0.0288. The molecule has 3 aliphatic heterocycles. The van der Waals surface area contributed by atoms with Crippen LogP contribution in [0.5, 0.6) is 10.3 Å². The molecule has 1 amide bonds. The number of ether oxygens (including phenoxy) is 1. The highest BCUT2D eigenvalue weighted by Crippen LogP contribution is 2.33. The molecule has 5 rings (SSSR count). The molecule has 1 atom stereocenters. The van der Waals surface area contributed by atoms with Crippen LogP contribution in [0.3, 0.4) is 0 Å². The van der Waals surface area contributed by atoms with Crippen LogP contribution < -0.4 is 10.1 Å².